The van der Waals surface area contributed by atoms with E-state index in [9.17, 15) is 0 Å². The van der Waals surface area contributed by atoms with E-state index in [1.54, 1.807) is 0 Å². The quantitative estimate of drug-likeness (QED) is 0.176. The molecular formula is C44H50Cl2Hf. The van der Waals surface area contributed by atoms with Crippen molar-refractivity contribution >= 4 is 33.1 Å². The van der Waals surface area contributed by atoms with Crippen LogP contribution in [0.4, 0.5) is 0 Å². The van der Waals surface area contributed by atoms with Crippen molar-refractivity contribution in [1.82, 2.24) is 0 Å². The number of halogens is 2. The molecule has 0 nitrogen and oxygen atoms in total. The van der Waals surface area contributed by atoms with Crippen LogP contribution in [-0.4, -0.2) is 3.76 Å². The van der Waals surface area contributed by atoms with Gasteiger partial charge in [-0.15, -0.1) is 0 Å². The van der Waals surface area contributed by atoms with Crippen LogP contribution in [0.2, 0.25) is 0 Å². The third kappa shape index (κ3) is 5.87. The fourth-order valence-corrected chi connectivity index (χ4v) is 33.7. The van der Waals surface area contributed by atoms with Gasteiger partial charge < -0.3 is 0 Å². The van der Waals surface area contributed by atoms with Gasteiger partial charge in [0, 0.05) is 0 Å². The average Bonchev–Trinajstić information content (AvgIpc) is 3.60. The van der Waals surface area contributed by atoms with Gasteiger partial charge in [-0.05, 0) is 0 Å². The number of fused-ring (bicyclic) bond motifs is 2. The Morgan fingerprint density at radius 1 is 0.617 bits per heavy atom. The molecule has 244 valence electrons. The van der Waals surface area contributed by atoms with E-state index < -0.39 is 15.7 Å². The molecule has 0 saturated carbocycles. The van der Waals surface area contributed by atoms with E-state index in [1.165, 1.54) is 66.8 Å². The van der Waals surface area contributed by atoms with E-state index >= 15 is 0 Å². The molecule has 0 bridgehead atoms. The second kappa shape index (κ2) is 11.9. The summed E-state index contributed by atoms with van der Waals surface area (Å²) in [6.07, 6.45) is 4.81. The average molecular weight is 828 g/mol. The molecule has 2 atom stereocenters. The number of benzene rings is 4. The van der Waals surface area contributed by atoms with Crippen LogP contribution in [0.15, 0.2) is 96.1 Å². The number of hydrogen-bond donors (Lipinski definition) is 0. The molecule has 6 rings (SSSR count). The van der Waals surface area contributed by atoms with Gasteiger partial charge in [0.15, 0.2) is 0 Å². The van der Waals surface area contributed by atoms with Crippen LogP contribution in [0.25, 0.3) is 34.4 Å². The van der Waals surface area contributed by atoms with Crippen LogP contribution in [0.3, 0.4) is 0 Å². The predicted molar refractivity (Wildman–Crippen MR) is 207 cm³/mol. The van der Waals surface area contributed by atoms with Gasteiger partial charge in [-0.25, -0.2) is 0 Å². The van der Waals surface area contributed by atoms with Gasteiger partial charge in [-0.2, -0.15) is 0 Å². The van der Waals surface area contributed by atoms with Gasteiger partial charge in [-0.3, -0.25) is 0 Å². The summed E-state index contributed by atoms with van der Waals surface area (Å²) in [5, 5.41) is 0. The summed E-state index contributed by atoms with van der Waals surface area (Å²) >= 11 is -5.09. The summed E-state index contributed by atoms with van der Waals surface area (Å²) in [4.78, 5) is 0. The Kier molecular flexibility index (Phi) is 8.76. The van der Waals surface area contributed by atoms with Crippen LogP contribution in [0.1, 0.15) is 110 Å². The normalized spacial score (nSPS) is 18.2. The van der Waals surface area contributed by atoms with Crippen molar-refractivity contribution in [2.24, 2.45) is 5.92 Å². The Bertz CT molecular complexity index is 1980. The second-order valence-electron chi connectivity index (χ2n) is 16.3. The summed E-state index contributed by atoms with van der Waals surface area (Å²) in [6, 6.07) is 31.7. The van der Waals surface area contributed by atoms with Crippen molar-refractivity contribution in [3.63, 3.8) is 0 Å². The summed E-state index contributed by atoms with van der Waals surface area (Å²) in [6.45, 7) is 22.6. The van der Waals surface area contributed by atoms with Gasteiger partial charge in [0.05, 0.1) is 0 Å². The third-order valence-electron chi connectivity index (χ3n) is 10.8. The van der Waals surface area contributed by atoms with Gasteiger partial charge in [0.2, 0.25) is 0 Å². The summed E-state index contributed by atoms with van der Waals surface area (Å²) < 4.78 is 2.29. The Morgan fingerprint density at radius 3 is 1.45 bits per heavy atom. The van der Waals surface area contributed by atoms with E-state index in [2.05, 4.69) is 170 Å². The van der Waals surface area contributed by atoms with E-state index in [4.69, 9.17) is 17.2 Å². The zero-order valence-electron chi connectivity index (χ0n) is 29.8. The maximum absolute atomic E-state index is 8.37. The van der Waals surface area contributed by atoms with Gasteiger partial charge in [-0.1, -0.05) is 0 Å². The zero-order valence-corrected chi connectivity index (χ0v) is 34.9. The van der Waals surface area contributed by atoms with Crippen molar-refractivity contribution in [3.05, 3.63) is 129 Å². The molecule has 0 radical (unpaired) electrons. The topological polar surface area (TPSA) is 0 Å². The van der Waals surface area contributed by atoms with Crippen molar-refractivity contribution < 1.29 is 15.7 Å². The molecule has 0 fully saturated rings. The van der Waals surface area contributed by atoms with Crippen LogP contribution in [0, 0.1) is 5.92 Å². The van der Waals surface area contributed by atoms with Crippen LogP contribution < -0.4 is 0 Å². The molecule has 0 aliphatic heterocycles. The first kappa shape index (κ1) is 34.5. The number of hydrogen-bond acceptors (Lipinski definition) is 0. The fourth-order valence-electron chi connectivity index (χ4n) is 8.13. The van der Waals surface area contributed by atoms with Crippen LogP contribution >= 0.6 is 17.2 Å². The van der Waals surface area contributed by atoms with E-state index in [0.29, 0.717) is 5.92 Å². The number of rotatable bonds is 5. The molecule has 0 N–H and O–H groups in total. The minimum atomic E-state index is -5.09. The molecule has 0 aromatic heterocycles. The number of allylic oxidation sites excluding steroid dienone is 2. The predicted octanol–water partition coefficient (Wildman–Crippen LogP) is 13.7. The van der Waals surface area contributed by atoms with E-state index in [0.717, 1.165) is 0 Å². The SMILES string of the molecule is C[CH]=[Hf]([Cl])([Cl])([CH]1C(C)=Cc2c(-c3ccc(C(C)(C)C)cc3)cccc21)[CH]1C(C(C)C)=Cc2c(-c3ccc(C(C)(C)C)cc3)cccc21. The molecule has 0 saturated heterocycles. The molecule has 4 aromatic rings. The molecule has 47 heavy (non-hydrogen) atoms. The molecular weight excluding hydrogens is 778 g/mol. The Balaban J connectivity index is 1.50. The molecule has 0 amide bonds. The van der Waals surface area contributed by atoms with Gasteiger partial charge in [0.25, 0.3) is 0 Å². The van der Waals surface area contributed by atoms with Crippen LogP contribution in [-0.2, 0) is 26.5 Å². The van der Waals surface area contributed by atoms with Crippen molar-refractivity contribution in [2.75, 3.05) is 0 Å². The molecule has 3 heteroatoms. The van der Waals surface area contributed by atoms with Crippen molar-refractivity contribution in [2.45, 2.75) is 87.4 Å². The Morgan fingerprint density at radius 2 is 1.04 bits per heavy atom. The Labute approximate surface area is 291 Å². The molecule has 2 aliphatic carbocycles. The van der Waals surface area contributed by atoms with Gasteiger partial charge in [0.1, 0.15) is 0 Å². The first-order valence-electron chi connectivity index (χ1n) is 17.2. The second-order valence-corrected chi connectivity index (χ2v) is 46.8. The van der Waals surface area contributed by atoms with E-state index in [-0.39, 0.29) is 18.2 Å². The summed E-state index contributed by atoms with van der Waals surface area (Å²) in [5.41, 5.74) is 15.7. The first-order chi connectivity index (χ1) is 21.9. The van der Waals surface area contributed by atoms with E-state index in [1.807, 2.05) is 0 Å². The van der Waals surface area contributed by atoms with Crippen LogP contribution in [0.5, 0.6) is 0 Å². The van der Waals surface area contributed by atoms with Crippen molar-refractivity contribution in [1.29, 1.82) is 0 Å². The summed E-state index contributed by atoms with van der Waals surface area (Å²) in [5.74, 6) is 0.314. The minimum absolute atomic E-state index is 0.00171. The Hall–Kier alpha value is -2.32. The molecule has 2 aliphatic rings. The molecule has 4 aromatic carbocycles. The maximum atomic E-state index is 8.37. The molecule has 0 spiro atoms. The third-order valence-corrected chi connectivity index (χ3v) is 38.5. The standard InChI is InChI=1S/C22H25.C20H21.C2H4.2ClH.Hf/c1-15(2)18-13-17-7-6-8-20(21(17)14-18)16-9-11-19(12-10-16)22(3,4)5;1-14-12-16-6-5-7-18(19(16)13-14)15-8-10-17(11-9-15)20(2,3)4;1-2;;;/h6-15H,1-5H3;5-13H,1-4H3;1H,2H3;2*1H;/q;;;;;+2/p-2. The fraction of sp³-hybridized carbons (Fsp3) is 0.341. The zero-order chi connectivity index (χ0) is 34.1. The van der Waals surface area contributed by atoms with Crippen molar-refractivity contribution in [3.8, 4) is 22.3 Å². The first-order valence-corrected chi connectivity index (χ1v) is 32.3. The monoisotopic (exact) mass is 828 g/mol. The van der Waals surface area contributed by atoms with Gasteiger partial charge >= 0.3 is 294 Å². The summed E-state index contributed by atoms with van der Waals surface area (Å²) in [7, 11) is 16.7. The molecule has 0 heterocycles. The molecule has 2 unspecified atom stereocenters.